The molecule has 0 aliphatic carbocycles. The molecule has 262 valence electrons. The summed E-state index contributed by atoms with van der Waals surface area (Å²) in [5.74, 6) is 0. The van der Waals surface area contributed by atoms with Crippen molar-refractivity contribution in [2.45, 2.75) is 0 Å². The monoisotopic (exact) mass is 713 g/mol. The second kappa shape index (κ2) is 13.2. The van der Waals surface area contributed by atoms with E-state index in [2.05, 4.69) is 211 Å². The Bertz CT molecular complexity index is 3120. The molecule has 2 heteroatoms. The molecule has 1 aromatic heterocycles. The number of anilines is 3. The first-order chi connectivity index (χ1) is 27.8. The van der Waals surface area contributed by atoms with Crippen LogP contribution in [0.2, 0.25) is 0 Å². The topological polar surface area (TPSA) is 16.4 Å². The zero-order valence-corrected chi connectivity index (χ0v) is 30.6. The van der Waals surface area contributed by atoms with Gasteiger partial charge in [-0.3, -0.25) is 0 Å². The molecule has 2 nitrogen and oxygen atoms in total. The Kier molecular flexibility index (Phi) is 7.53. The maximum absolute atomic E-state index is 6.36. The van der Waals surface area contributed by atoms with Crippen LogP contribution in [0, 0.1) is 0 Å². The number of benzene rings is 10. The van der Waals surface area contributed by atoms with Gasteiger partial charge in [-0.1, -0.05) is 158 Å². The van der Waals surface area contributed by atoms with Gasteiger partial charge in [-0.15, -0.1) is 0 Å². The SMILES string of the molecule is c1ccc(-c2cccc(N(c3ccc(-c4cccc5c6ccc7oc8ccccc8c7c6c6ccccc6c45)cc3)c3cccc(-c4ccccc4)c3)c2)cc1. The predicted molar refractivity (Wildman–Crippen MR) is 237 cm³/mol. The van der Waals surface area contributed by atoms with Gasteiger partial charge in [0.2, 0.25) is 0 Å². The van der Waals surface area contributed by atoms with Crippen molar-refractivity contribution >= 4 is 71.3 Å². The number of rotatable bonds is 6. The van der Waals surface area contributed by atoms with E-state index in [1.54, 1.807) is 0 Å². The molecule has 0 fully saturated rings. The fourth-order valence-corrected chi connectivity index (χ4v) is 8.70. The summed E-state index contributed by atoms with van der Waals surface area (Å²) in [4.78, 5) is 2.37. The van der Waals surface area contributed by atoms with Crippen molar-refractivity contribution in [1.82, 2.24) is 0 Å². The van der Waals surface area contributed by atoms with Gasteiger partial charge in [-0.05, 0) is 115 Å². The van der Waals surface area contributed by atoms with E-state index in [-0.39, 0.29) is 0 Å². The molecule has 1 heterocycles. The number of furan rings is 1. The van der Waals surface area contributed by atoms with Crippen LogP contribution in [0.25, 0.3) is 87.6 Å². The highest BCUT2D eigenvalue weighted by atomic mass is 16.3. The maximum Gasteiger partial charge on any atom is 0.136 e. The Labute approximate surface area is 325 Å². The van der Waals surface area contributed by atoms with Crippen molar-refractivity contribution in [1.29, 1.82) is 0 Å². The standard InChI is InChI=1S/C54H35NO/c1-3-14-36(15-4-1)39-18-11-20-42(34-39)55(43-21-12-19-40(35-43)37-16-5-2-6-17-37)41-30-28-38(29-31-41)44-25-13-26-46-48-32-33-51-54(49-24-9-10-27-50(49)56-51)53(48)47-23-8-7-22-45(47)52(44)46/h1-35H. The van der Waals surface area contributed by atoms with Crippen molar-refractivity contribution in [2.75, 3.05) is 4.90 Å². The first-order valence-corrected chi connectivity index (χ1v) is 19.2. The minimum absolute atomic E-state index is 0.917. The number of fused-ring (bicyclic) bond motifs is 10. The van der Waals surface area contributed by atoms with E-state index in [0.717, 1.165) is 33.6 Å². The summed E-state index contributed by atoms with van der Waals surface area (Å²) in [5, 5.41) is 9.79. The smallest absolute Gasteiger partial charge is 0.136 e. The lowest BCUT2D eigenvalue weighted by Gasteiger charge is -2.27. The zero-order chi connectivity index (χ0) is 37.0. The van der Waals surface area contributed by atoms with E-state index in [9.17, 15) is 0 Å². The van der Waals surface area contributed by atoms with Crippen LogP contribution in [0.1, 0.15) is 0 Å². The van der Waals surface area contributed by atoms with Crippen LogP contribution in [0.3, 0.4) is 0 Å². The molecule has 10 aromatic carbocycles. The van der Waals surface area contributed by atoms with Crippen molar-refractivity contribution in [2.24, 2.45) is 0 Å². The Morgan fingerprint density at radius 1 is 0.268 bits per heavy atom. The summed E-state index contributed by atoms with van der Waals surface area (Å²) in [6.07, 6.45) is 0. The van der Waals surface area contributed by atoms with Gasteiger partial charge in [0.15, 0.2) is 0 Å². The summed E-state index contributed by atoms with van der Waals surface area (Å²) in [7, 11) is 0. The molecule has 0 aliphatic heterocycles. The summed E-state index contributed by atoms with van der Waals surface area (Å²) < 4.78 is 6.36. The van der Waals surface area contributed by atoms with Gasteiger partial charge in [-0.2, -0.15) is 0 Å². The van der Waals surface area contributed by atoms with Crippen molar-refractivity contribution in [3.05, 3.63) is 212 Å². The maximum atomic E-state index is 6.36. The minimum Gasteiger partial charge on any atom is -0.456 e. The second-order valence-corrected chi connectivity index (χ2v) is 14.4. The summed E-state index contributed by atoms with van der Waals surface area (Å²) in [5.41, 5.74) is 12.3. The Balaban J connectivity index is 1.09. The molecule has 0 N–H and O–H groups in total. The zero-order valence-electron chi connectivity index (χ0n) is 30.6. The molecule has 0 aliphatic rings. The Morgan fingerprint density at radius 2 is 0.768 bits per heavy atom. The van der Waals surface area contributed by atoms with Crippen molar-refractivity contribution in [3.8, 4) is 33.4 Å². The number of hydrogen-bond acceptors (Lipinski definition) is 2. The number of hydrogen-bond donors (Lipinski definition) is 0. The third kappa shape index (κ3) is 5.26. The molecule has 0 saturated heterocycles. The van der Waals surface area contributed by atoms with Gasteiger partial charge in [0.05, 0.1) is 0 Å². The van der Waals surface area contributed by atoms with Crippen molar-refractivity contribution in [3.63, 3.8) is 0 Å². The predicted octanol–water partition coefficient (Wildman–Crippen LogP) is 15.5. The van der Waals surface area contributed by atoms with Gasteiger partial charge in [-0.25, -0.2) is 0 Å². The summed E-state index contributed by atoms with van der Waals surface area (Å²) >= 11 is 0. The van der Waals surface area contributed by atoms with Crippen LogP contribution >= 0.6 is 0 Å². The third-order valence-electron chi connectivity index (χ3n) is 11.2. The molecule has 0 bridgehead atoms. The van der Waals surface area contributed by atoms with Gasteiger partial charge in [0.1, 0.15) is 11.2 Å². The highest BCUT2D eigenvalue weighted by molar-refractivity contribution is 6.36. The van der Waals surface area contributed by atoms with E-state index in [0.29, 0.717) is 0 Å². The van der Waals surface area contributed by atoms with E-state index in [4.69, 9.17) is 4.42 Å². The molecule has 0 spiro atoms. The van der Waals surface area contributed by atoms with Crippen LogP contribution in [-0.2, 0) is 0 Å². The quantitative estimate of drug-likeness (QED) is 0.160. The normalized spacial score (nSPS) is 11.6. The fraction of sp³-hybridized carbons (Fsp3) is 0. The first kappa shape index (κ1) is 32.0. The first-order valence-electron chi connectivity index (χ1n) is 19.2. The molecule has 0 radical (unpaired) electrons. The number of nitrogens with zero attached hydrogens (tertiary/aromatic N) is 1. The average Bonchev–Trinajstić information content (AvgIpc) is 3.66. The molecule has 11 rings (SSSR count). The molecule has 11 aromatic rings. The lowest BCUT2D eigenvalue weighted by molar-refractivity contribution is 0.669. The molecule has 0 saturated carbocycles. The van der Waals surface area contributed by atoms with Crippen LogP contribution in [0.4, 0.5) is 17.1 Å². The molecule has 0 unspecified atom stereocenters. The van der Waals surface area contributed by atoms with E-state index in [1.165, 1.54) is 71.1 Å². The van der Waals surface area contributed by atoms with Gasteiger partial charge < -0.3 is 9.32 Å². The minimum atomic E-state index is 0.917. The van der Waals surface area contributed by atoms with Gasteiger partial charge >= 0.3 is 0 Å². The largest absolute Gasteiger partial charge is 0.456 e. The molecule has 56 heavy (non-hydrogen) atoms. The Hall–Kier alpha value is -7.42. The van der Waals surface area contributed by atoms with E-state index < -0.39 is 0 Å². The van der Waals surface area contributed by atoms with E-state index >= 15 is 0 Å². The molecular formula is C54H35NO. The third-order valence-corrected chi connectivity index (χ3v) is 11.2. The average molecular weight is 714 g/mol. The Morgan fingerprint density at radius 3 is 1.41 bits per heavy atom. The fourth-order valence-electron chi connectivity index (χ4n) is 8.70. The lowest BCUT2D eigenvalue weighted by atomic mass is 9.88. The summed E-state index contributed by atoms with van der Waals surface area (Å²) in [6, 6.07) is 76.4. The van der Waals surface area contributed by atoms with Crippen molar-refractivity contribution < 1.29 is 4.42 Å². The van der Waals surface area contributed by atoms with Crippen LogP contribution in [0.5, 0.6) is 0 Å². The highest BCUT2D eigenvalue weighted by Crippen LogP contribution is 2.46. The highest BCUT2D eigenvalue weighted by Gasteiger charge is 2.19. The van der Waals surface area contributed by atoms with Crippen LogP contribution in [-0.4, -0.2) is 0 Å². The van der Waals surface area contributed by atoms with Crippen LogP contribution in [0.15, 0.2) is 217 Å². The molecule has 0 atom stereocenters. The van der Waals surface area contributed by atoms with E-state index in [1.807, 2.05) is 6.07 Å². The number of para-hydroxylation sites is 1. The lowest BCUT2D eigenvalue weighted by Crippen LogP contribution is -2.10. The van der Waals surface area contributed by atoms with Crippen LogP contribution < -0.4 is 4.90 Å². The molecule has 0 amide bonds. The van der Waals surface area contributed by atoms with Gasteiger partial charge in [0.25, 0.3) is 0 Å². The second-order valence-electron chi connectivity index (χ2n) is 14.4. The van der Waals surface area contributed by atoms with Gasteiger partial charge in [0, 0.05) is 33.2 Å². The molecular weight excluding hydrogens is 679 g/mol. The summed E-state index contributed by atoms with van der Waals surface area (Å²) in [6.45, 7) is 0.